The van der Waals surface area contributed by atoms with Gasteiger partial charge in [-0.3, -0.25) is 0 Å². The molecule has 0 aliphatic carbocycles. The van der Waals surface area contributed by atoms with Gasteiger partial charge >= 0.3 is 0 Å². The van der Waals surface area contributed by atoms with Gasteiger partial charge in [-0.25, -0.2) is 4.98 Å². The predicted octanol–water partition coefficient (Wildman–Crippen LogP) is 3.16. The number of aromatic nitrogens is 3. The lowest BCUT2D eigenvalue weighted by Crippen LogP contribution is -1.94. The van der Waals surface area contributed by atoms with E-state index >= 15 is 0 Å². The van der Waals surface area contributed by atoms with Crippen LogP contribution in [0.25, 0.3) is 5.65 Å². The minimum Gasteiger partial charge on any atom is -0.492 e. The van der Waals surface area contributed by atoms with Crippen LogP contribution in [0.5, 0.6) is 5.88 Å². The Labute approximate surface area is 109 Å². The monoisotopic (exact) mass is 253 g/mol. The first kappa shape index (κ1) is 11.3. The molecule has 1 aromatic carbocycles. The van der Waals surface area contributed by atoms with Crippen molar-refractivity contribution in [2.24, 2.45) is 10.2 Å². The van der Waals surface area contributed by atoms with Crippen LogP contribution in [0.15, 0.2) is 52.8 Å². The van der Waals surface area contributed by atoms with E-state index < -0.39 is 0 Å². The molecule has 1 N–H and O–H groups in total. The maximum Gasteiger partial charge on any atom is 0.244 e. The van der Waals surface area contributed by atoms with Gasteiger partial charge in [-0.1, -0.05) is 18.2 Å². The van der Waals surface area contributed by atoms with Crippen molar-refractivity contribution in [3.8, 4) is 5.88 Å². The molecule has 0 saturated carbocycles. The highest BCUT2D eigenvalue weighted by molar-refractivity contribution is 5.56. The van der Waals surface area contributed by atoms with Crippen LogP contribution in [-0.4, -0.2) is 19.7 Å². The molecule has 0 radical (unpaired) electrons. The molecule has 6 heteroatoms. The summed E-state index contributed by atoms with van der Waals surface area (Å²) in [6.07, 6.45) is 1.57. The van der Waals surface area contributed by atoms with Crippen LogP contribution in [0.2, 0.25) is 0 Å². The number of benzene rings is 1. The van der Waals surface area contributed by atoms with Crippen LogP contribution in [0, 0.1) is 6.92 Å². The lowest BCUT2D eigenvalue weighted by molar-refractivity contribution is 0.436. The van der Waals surface area contributed by atoms with Gasteiger partial charge in [-0.05, 0) is 19.1 Å². The van der Waals surface area contributed by atoms with E-state index in [1.807, 2.05) is 30.3 Å². The molecular formula is C13H11N5O. The third kappa shape index (κ3) is 2.03. The molecule has 94 valence electrons. The van der Waals surface area contributed by atoms with E-state index in [9.17, 15) is 5.11 Å². The number of nitrogens with zero attached hydrogens (tertiary/aromatic N) is 5. The highest BCUT2D eigenvalue weighted by Crippen LogP contribution is 2.30. The average Bonchev–Trinajstić information content (AvgIpc) is 2.88. The normalized spacial score (nSPS) is 11.4. The Balaban J connectivity index is 2.07. The Morgan fingerprint density at radius 2 is 1.89 bits per heavy atom. The second-order valence-electron chi connectivity index (χ2n) is 4.01. The molecule has 6 nitrogen and oxygen atoms in total. The van der Waals surface area contributed by atoms with E-state index in [1.165, 1.54) is 4.52 Å². The second-order valence-corrected chi connectivity index (χ2v) is 4.01. The molecule has 2 aromatic heterocycles. The van der Waals surface area contributed by atoms with Crippen LogP contribution in [0.4, 0.5) is 11.4 Å². The number of hydrogen-bond donors (Lipinski definition) is 1. The lowest BCUT2D eigenvalue weighted by atomic mass is 10.3. The maximum atomic E-state index is 10.1. The Morgan fingerprint density at radius 3 is 2.68 bits per heavy atom. The summed E-state index contributed by atoms with van der Waals surface area (Å²) in [6, 6.07) is 11.0. The largest absolute Gasteiger partial charge is 0.492 e. The van der Waals surface area contributed by atoms with Gasteiger partial charge in [-0.2, -0.15) is 14.7 Å². The van der Waals surface area contributed by atoms with Crippen molar-refractivity contribution in [3.05, 3.63) is 48.3 Å². The molecule has 0 saturated heterocycles. The summed E-state index contributed by atoms with van der Waals surface area (Å²) >= 11 is 0. The minimum atomic E-state index is -0.0628. The van der Waals surface area contributed by atoms with Crippen molar-refractivity contribution < 1.29 is 5.11 Å². The summed E-state index contributed by atoms with van der Waals surface area (Å²) in [5.41, 5.74) is 2.21. The van der Waals surface area contributed by atoms with Gasteiger partial charge in [-0.15, -0.1) is 5.11 Å². The first-order valence-corrected chi connectivity index (χ1v) is 5.76. The molecule has 0 aliphatic heterocycles. The molecule has 3 rings (SSSR count). The number of aromatic hydroxyl groups is 1. The summed E-state index contributed by atoms with van der Waals surface area (Å²) in [7, 11) is 0. The minimum absolute atomic E-state index is 0.0628. The smallest absolute Gasteiger partial charge is 0.244 e. The fourth-order valence-electron chi connectivity index (χ4n) is 1.75. The van der Waals surface area contributed by atoms with Crippen LogP contribution in [0.1, 0.15) is 5.69 Å². The quantitative estimate of drug-likeness (QED) is 0.713. The summed E-state index contributed by atoms with van der Waals surface area (Å²) in [4.78, 5) is 4.30. The molecule has 0 unspecified atom stereocenters. The van der Waals surface area contributed by atoms with Gasteiger partial charge in [0.2, 0.25) is 5.88 Å². The van der Waals surface area contributed by atoms with E-state index in [1.54, 1.807) is 19.2 Å². The van der Waals surface area contributed by atoms with E-state index in [0.717, 1.165) is 0 Å². The Morgan fingerprint density at radius 1 is 1.11 bits per heavy atom. The fourth-order valence-corrected chi connectivity index (χ4v) is 1.75. The number of azo groups is 1. The van der Waals surface area contributed by atoms with Crippen LogP contribution in [-0.2, 0) is 0 Å². The Kier molecular flexibility index (Phi) is 2.68. The number of rotatable bonds is 2. The average molecular weight is 253 g/mol. The molecule has 0 fully saturated rings. The summed E-state index contributed by atoms with van der Waals surface area (Å²) < 4.78 is 1.33. The standard InChI is InChI=1S/C13H11N5O/c1-9-12(17-16-10-5-3-2-4-6-10)13(19)18-11(15-9)7-8-14-18/h2-8,19H,1H3/b17-16+. The van der Waals surface area contributed by atoms with E-state index in [0.29, 0.717) is 22.7 Å². The zero-order valence-corrected chi connectivity index (χ0v) is 10.2. The topological polar surface area (TPSA) is 75.1 Å². The summed E-state index contributed by atoms with van der Waals surface area (Å²) in [6.45, 7) is 1.77. The maximum absolute atomic E-state index is 10.1. The SMILES string of the molecule is Cc1nc2ccnn2c(O)c1/N=N/c1ccccc1. The fraction of sp³-hybridized carbons (Fsp3) is 0.0769. The van der Waals surface area contributed by atoms with Gasteiger partial charge in [0.15, 0.2) is 11.3 Å². The molecular weight excluding hydrogens is 242 g/mol. The zero-order valence-electron chi connectivity index (χ0n) is 10.2. The summed E-state index contributed by atoms with van der Waals surface area (Å²) in [5.74, 6) is -0.0628. The molecule has 3 aromatic rings. The van der Waals surface area contributed by atoms with Crippen molar-refractivity contribution in [1.29, 1.82) is 0 Å². The van der Waals surface area contributed by atoms with E-state index in [4.69, 9.17) is 0 Å². The van der Waals surface area contributed by atoms with Crippen LogP contribution < -0.4 is 0 Å². The third-order valence-electron chi connectivity index (χ3n) is 2.68. The van der Waals surface area contributed by atoms with Gasteiger partial charge < -0.3 is 5.11 Å². The molecule has 0 atom stereocenters. The summed E-state index contributed by atoms with van der Waals surface area (Å²) in [5, 5.41) is 22.2. The Hall–Kier alpha value is -2.76. The van der Waals surface area contributed by atoms with Crippen LogP contribution >= 0.6 is 0 Å². The van der Waals surface area contributed by atoms with Crippen molar-refractivity contribution in [2.75, 3.05) is 0 Å². The number of hydrogen-bond acceptors (Lipinski definition) is 5. The van der Waals surface area contributed by atoms with Crippen molar-refractivity contribution >= 4 is 17.0 Å². The van der Waals surface area contributed by atoms with Gasteiger partial charge in [0.25, 0.3) is 0 Å². The van der Waals surface area contributed by atoms with Gasteiger partial charge in [0.05, 0.1) is 17.6 Å². The van der Waals surface area contributed by atoms with Gasteiger partial charge in [0.1, 0.15) is 0 Å². The van der Waals surface area contributed by atoms with Gasteiger partial charge in [0, 0.05) is 6.07 Å². The predicted molar refractivity (Wildman–Crippen MR) is 70.0 cm³/mol. The molecule has 0 bridgehead atoms. The zero-order chi connectivity index (χ0) is 13.2. The molecule has 0 aliphatic rings. The second kappa shape index (κ2) is 4.49. The van der Waals surface area contributed by atoms with E-state index in [2.05, 4.69) is 20.3 Å². The number of aryl methyl sites for hydroxylation is 1. The van der Waals surface area contributed by atoms with Crippen molar-refractivity contribution in [2.45, 2.75) is 6.92 Å². The Bertz CT molecular complexity index is 748. The highest BCUT2D eigenvalue weighted by Gasteiger charge is 2.11. The lowest BCUT2D eigenvalue weighted by Gasteiger charge is -2.03. The molecule has 0 spiro atoms. The third-order valence-corrected chi connectivity index (χ3v) is 2.68. The molecule has 2 heterocycles. The van der Waals surface area contributed by atoms with Crippen molar-refractivity contribution in [3.63, 3.8) is 0 Å². The first-order chi connectivity index (χ1) is 9.25. The highest BCUT2D eigenvalue weighted by atomic mass is 16.3. The number of fused-ring (bicyclic) bond motifs is 1. The molecule has 0 amide bonds. The van der Waals surface area contributed by atoms with Crippen LogP contribution in [0.3, 0.4) is 0 Å². The first-order valence-electron chi connectivity index (χ1n) is 5.76. The van der Waals surface area contributed by atoms with Crippen molar-refractivity contribution in [1.82, 2.24) is 14.6 Å². The van der Waals surface area contributed by atoms with E-state index in [-0.39, 0.29) is 5.88 Å². The molecule has 19 heavy (non-hydrogen) atoms.